The SMILES string of the molecule is Cn1nc(CC2CCCCS2(=O)=O)cc1N. The topological polar surface area (TPSA) is 78.0 Å². The Labute approximate surface area is 95.6 Å². The van der Waals surface area contributed by atoms with E-state index in [0.29, 0.717) is 18.0 Å². The molecule has 6 heteroatoms. The number of aromatic nitrogens is 2. The molecule has 1 aromatic rings. The van der Waals surface area contributed by atoms with Gasteiger partial charge in [0.25, 0.3) is 0 Å². The van der Waals surface area contributed by atoms with Crippen molar-refractivity contribution in [2.24, 2.45) is 7.05 Å². The molecule has 0 radical (unpaired) electrons. The highest BCUT2D eigenvalue weighted by molar-refractivity contribution is 7.92. The van der Waals surface area contributed by atoms with E-state index in [0.717, 1.165) is 25.0 Å². The van der Waals surface area contributed by atoms with Crippen molar-refractivity contribution in [1.29, 1.82) is 0 Å². The van der Waals surface area contributed by atoms with Gasteiger partial charge in [-0.05, 0) is 12.8 Å². The van der Waals surface area contributed by atoms with E-state index in [9.17, 15) is 8.42 Å². The van der Waals surface area contributed by atoms with E-state index < -0.39 is 9.84 Å². The molecule has 0 bridgehead atoms. The first kappa shape index (κ1) is 11.4. The van der Waals surface area contributed by atoms with Crippen LogP contribution in [-0.4, -0.2) is 29.2 Å². The number of sulfone groups is 1. The van der Waals surface area contributed by atoms with Crippen LogP contribution in [0.5, 0.6) is 0 Å². The molecule has 1 saturated heterocycles. The molecule has 1 fully saturated rings. The average Bonchev–Trinajstić information content (AvgIpc) is 2.50. The van der Waals surface area contributed by atoms with Crippen molar-refractivity contribution in [3.05, 3.63) is 11.8 Å². The third kappa shape index (κ3) is 2.21. The van der Waals surface area contributed by atoms with Gasteiger partial charge in [0.1, 0.15) is 5.82 Å². The summed E-state index contributed by atoms with van der Waals surface area (Å²) in [4.78, 5) is 0. The minimum atomic E-state index is -2.92. The first-order chi connectivity index (χ1) is 7.49. The number of nitrogens with zero attached hydrogens (tertiary/aromatic N) is 2. The maximum Gasteiger partial charge on any atom is 0.153 e. The summed E-state index contributed by atoms with van der Waals surface area (Å²) >= 11 is 0. The van der Waals surface area contributed by atoms with Crippen LogP contribution < -0.4 is 5.73 Å². The van der Waals surface area contributed by atoms with E-state index in [1.165, 1.54) is 0 Å². The van der Waals surface area contributed by atoms with Gasteiger partial charge in [0.2, 0.25) is 0 Å². The first-order valence-electron chi connectivity index (χ1n) is 5.49. The van der Waals surface area contributed by atoms with Crippen LogP contribution in [0.2, 0.25) is 0 Å². The van der Waals surface area contributed by atoms with E-state index in [1.807, 2.05) is 0 Å². The van der Waals surface area contributed by atoms with Gasteiger partial charge < -0.3 is 5.73 Å². The van der Waals surface area contributed by atoms with Crippen molar-refractivity contribution >= 4 is 15.7 Å². The van der Waals surface area contributed by atoms with Crippen LogP contribution in [0.4, 0.5) is 5.82 Å². The molecule has 90 valence electrons. The first-order valence-corrected chi connectivity index (χ1v) is 7.20. The molecule has 0 aliphatic carbocycles. The molecule has 1 aromatic heterocycles. The molecule has 1 aliphatic rings. The second kappa shape index (κ2) is 4.08. The number of hydrogen-bond donors (Lipinski definition) is 1. The number of nitrogens with two attached hydrogens (primary N) is 1. The van der Waals surface area contributed by atoms with Crippen molar-refractivity contribution in [3.8, 4) is 0 Å². The van der Waals surface area contributed by atoms with Crippen molar-refractivity contribution in [3.63, 3.8) is 0 Å². The van der Waals surface area contributed by atoms with Gasteiger partial charge in [-0.25, -0.2) is 8.42 Å². The summed E-state index contributed by atoms with van der Waals surface area (Å²) in [5, 5.41) is 3.93. The predicted octanol–water partition coefficient (Wildman–Crippen LogP) is 0.512. The highest BCUT2D eigenvalue weighted by Gasteiger charge is 2.29. The van der Waals surface area contributed by atoms with Crippen LogP contribution >= 0.6 is 0 Å². The Hall–Kier alpha value is -1.04. The summed E-state index contributed by atoms with van der Waals surface area (Å²) in [6, 6.07) is 1.75. The molecule has 16 heavy (non-hydrogen) atoms. The van der Waals surface area contributed by atoms with Gasteiger partial charge in [-0.1, -0.05) is 6.42 Å². The lowest BCUT2D eigenvalue weighted by molar-refractivity contribution is 0.535. The highest BCUT2D eigenvalue weighted by atomic mass is 32.2. The second-order valence-electron chi connectivity index (χ2n) is 4.37. The summed E-state index contributed by atoms with van der Waals surface area (Å²) < 4.78 is 25.2. The van der Waals surface area contributed by atoms with Gasteiger partial charge in [-0.3, -0.25) is 4.68 Å². The zero-order valence-corrected chi connectivity index (χ0v) is 10.2. The molecule has 1 atom stereocenters. The van der Waals surface area contributed by atoms with Crippen molar-refractivity contribution < 1.29 is 8.42 Å². The summed E-state index contributed by atoms with van der Waals surface area (Å²) in [6.45, 7) is 0. The Morgan fingerprint density at radius 1 is 1.56 bits per heavy atom. The zero-order valence-electron chi connectivity index (χ0n) is 9.39. The average molecular weight is 243 g/mol. The molecule has 0 saturated carbocycles. The molecule has 0 spiro atoms. The molecule has 2 heterocycles. The maximum atomic E-state index is 11.8. The van der Waals surface area contributed by atoms with Crippen LogP contribution in [0.15, 0.2) is 6.07 Å². The van der Waals surface area contributed by atoms with E-state index in [4.69, 9.17) is 5.73 Å². The largest absolute Gasteiger partial charge is 0.384 e. The quantitative estimate of drug-likeness (QED) is 0.821. The molecule has 0 amide bonds. The molecular formula is C10H17N3O2S. The minimum Gasteiger partial charge on any atom is -0.384 e. The summed E-state index contributed by atoms with van der Waals surface area (Å²) in [6.07, 6.45) is 3.03. The van der Waals surface area contributed by atoms with Crippen LogP contribution in [0.1, 0.15) is 25.0 Å². The number of nitrogen functional groups attached to an aromatic ring is 1. The Kier molecular flexibility index (Phi) is 2.92. The van der Waals surface area contributed by atoms with Crippen molar-refractivity contribution in [1.82, 2.24) is 9.78 Å². The molecule has 0 aromatic carbocycles. The van der Waals surface area contributed by atoms with Gasteiger partial charge in [0.05, 0.1) is 16.7 Å². The molecule has 2 N–H and O–H groups in total. The van der Waals surface area contributed by atoms with Crippen LogP contribution in [-0.2, 0) is 23.3 Å². The maximum absolute atomic E-state index is 11.8. The molecular weight excluding hydrogens is 226 g/mol. The number of hydrogen-bond acceptors (Lipinski definition) is 4. The van der Waals surface area contributed by atoms with Gasteiger partial charge in [-0.15, -0.1) is 0 Å². The van der Waals surface area contributed by atoms with E-state index >= 15 is 0 Å². The normalized spacial score (nSPS) is 24.4. The Balaban J connectivity index is 2.14. The monoisotopic (exact) mass is 243 g/mol. The second-order valence-corrected chi connectivity index (χ2v) is 6.77. The standard InChI is InChI=1S/C10H17N3O2S/c1-13-10(11)7-8(12-13)6-9-4-2-3-5-16(9,14)15/h7,9H,2-6,11H2,1H3. The van der Waals surface area contributed by atoms with Gasteiger partial charge in [0.15, 0.2) is 9.84 Å². The minimum absolute atomic E-state index is 0.268. The van der Waals surface area contributed by atoms with Crippen LogP contribution in [0.25, 0.3) is 0 Å². The van der Waals surface area contributed by atoms with E-state index in [-0.39, 0.29) is 5.25 Å². The lowest BCUT2D eigenvalue weighted by Gasteiger charge is -2.21. The van der Waals surface area contributed by atoms with Crippen LogP contribution in [0, 0.1) is 0 Å². The van der Waals surface area contributed by atoms with E-state index in [1.54, 1.807) is 17.8 Å². The molecule has 5 nitrogen and oxygen atoms in total. The third-order valence-electron chi connectivity index (χ3n) is 3.12. The summed E-state index contributed by atoms with van der Waals surface area (Å²) in [5.41, 5.74) is 6.44. The van der Waals surface area contributed by atoms with Gasteiger partial charge in [-0.2, -0.15) is 5.10 Å². The molecule has 1 aliphatic heterocycles. The van der Waals surface area contributed by atoms with Crippen LogP contribution in [0.3, 0.4) is 0 Å². The lowest BCUT2D eigenvalue weighted by atomic mass is 10.1. The Morgan fingerprint density at radius 3 is 2.88 bits per heavy atom. The number of aryl methyl sites for hydroxylation is 1. The third-order valence-corrected chi connectivity index (χ3v) is 5.39. The van der Waals surface area contributed by atoms with Crippen molar-refractivity contribution in [2.45, 2.75) is 30.9 Å². The Bertz CT molecular complexity index is 459. The fourth-order valence-electron chi connectivity index (χ4n) is 2.13. The molecule has 2 rings (SSSR count). The fraction of sp³-hybridized carbons (Fsp3) is 0.700. The van der Waals surface area contributed by atoms with E-state index in [2.05, 4.69) is 5.10 Å². The highest BCUT2D eigenvalue weighted by Crippen LogP contribution is 2.23. The van der Waals surface area contributed by atoms with Gasteiger partial charge in [0, 0.05) is 19.5 Å². The summed E-state index contributed by atoms with van der Waals surface area (Å²) in [7, 11) is -1.16. The number of anilines is 1. The number of rotatable bonds is 2. The Morgan fingerprint density at radius 2 is 2.31 bits per heavy atom. The van der Waals surface area contributed by atoms with Crippen molar-refractivity contribution in [2.75, 3.05) is 11.5 Å². The smallest absolute Gasteiger partial charge is 0.153 e. The fourth-order valence-corrected chi connectivity index (χ4v) is 4.02. The predicted molar refractivity (Wildman–Crippen MR) is 62.8 cm³/mol. The molecule has 1 unspecified atom stereocenters. The van der Waals surface area contributed by atoms with Gasteiger partial charge >= 0.3 is 0 Å². The zero-order chi connectivity index (χ0) is 11.8. The lowest BCUT2D eigenvalue weighted by Crippen LogP contribution is -2.30. The summed E-state index contributed by atoms with van der Waals surface area (Å²) in [5.74, 6) is 0.892.